The third kappa shape index (κ3) is 2.53. The van der Waals surface area contributed by atoms with Crippen molar-refractivity contribution in [1.82, 2.24) is 9.88 Å². The minimum atomic E-state index is -0.839. The number of carboxylic acids is 1. The summed E-state index contributed by atoms with van der Waals surface area (Å²) >= 11 is 1.71. The van der Waals surface area contributed by atoms with Gasteiger partial charge in [-0.15, -0.1) is 11.3 Å². The van der Waals surface area contributed by atoms with E-state index in [1.165, 1.54) is 4.88 Å². The Bertz CT molecular complexity index is 598. The van der Waals surface area contributed by atoms with Gasteiger partial charge in [0.05, 0.1) is 33.5 Å². The van der Waals surface area contributed by atoms with Gasteiger partial charge in [0.2, 0.25) is 5.91 Å². The predicted molar refractivity (Wildman–Crippen MR) is 83.8 cm³/mol. The smallest absolute Gasteiger partial charge is 0.307 e. The SMILES string of the molecule is CCc1nc2c(s1)C(N(C)C(=O)C1CCC1C(=O)O)CCC2. The largest absolute Gasteiger partial charge is 0.481 e. The first-order valence-corrected chi connectivity index (χ1v) is 8.82. The fraction of sp³-hybridized carbons (Fsp3) is 0.688. The molecule has 3 unspecified atom stereocenters. The van der Waals surface area contributed by atoms with Gasteiger partial charge in [0, 0.05) is 7.05 Å². The van der Waals surface area contributed by atoms with Crippen molar-refractivity contribution in [3.05, 3.63) is 15.6 Å². The molecule has 3 rings (SSSR count). The number of aryl methyl sites for hydroxylation is 2. The molecule has 1 aromatic heterocycles. The van der Waals surface area contributed by atoms with E-state index in [9.17, 15) is 9.59 Å². The lowest BCUT2D eigenvalue weighted by Gasteiger charge is -2.38. The molecule has 0 aromatic carbocycles. The van der Waals surface area contributed by atoms with E-state index in [2.05, 4.69) is 11.9 Å². The van der Waals surface area contributed by atoms with Gasteiger partial charge in [0.15, 0.2) is 0 Å². The Hall–Kier alpha value is -1.43. The molecule has 1 amide bonds. The molecule has 1 aromatic rings. The van der Waals surface area contributed by atoms with Crippen LogP contribution < -0.4 is 0 Å². The lowest BCUT2D eigenvalue weighted by atomic mass is 9.72. The van der Waals surface area contributed by atoms with Crippen molar-refractivity contribution < 1.29 is 14.7 Å². The molecular weight excluding hydrogens is 300 g/mol. The molecule has 6 heteroatoms. The fourth-order valence-corrected chi connectivity index (χ4v) is 4.71. The topological polar surface area (TPSA) is 70.5 Å². The Morgan fingerprint density at radius 2 is 2.05 bits per heavy atom. The van der Waals surface area contributed by atoms with Gasteiger partial charge in [-0.3, -0.25) is 9.59 Å². The molecule has 5 nitrogen and oxygen atoms in total. The van der Waals surface area contributed by atoms with Crippen LogP contribution in [0.4, 0.5) is 0 Å². The molecular formula is C16H22N2O3S. The summed E-state index contributed by atoms with van der Waals surface area (Å²) in [6.45, 7) is 2.10. The van der Waals surface area contributed by atoms with Crippen molar-refractivity contribution in [3.63, 3.8) is 0 Å². The van der Waals surface area contributed by atoms with Crippen LogP contribution in [-0.4, -0.2) is 33.9 Å². The Morgan fingerprint density at radius 1 is 1.32 bits per heavy atom. The molecule has 1 fully saturated rings. The molecule has 0 saturated heterocycles. The third-order valence-electron chi connectivity index (χ3n) is 4.99. The highest BCUT2D eigenvalue weighted by atomic mass is 32.1. The third-order valence-corrected chi connectivity index (χ3v) is 6.34. The molecule has 22 heavy (non-hydrogen) atoms. The maximum atomic E-state index is 12.7. The summed E-state index contributed by atoms with van der Waals surface area (Å²) in [4.78, 5) is 31.5. The molecule has 0 bridgehead atoms. The van der Waals surface area contributed by atoms with Crippen LogP contribution >= 0.6 is 11.3 Å². The number of rotatable bonds is 4. The number of hydrogen-bond acceptors (Lipinski definition) is 4. The van der Waals surface area contributed by atoms with Crippen LogP contribution in [0.2, 0.25) is 0 Å². The predicted octanol–water partition coefficient (Wildman–Crippen LogP) is 2.65. The van der Waals surface area contributed by atoms with Crippen LogP contribution in [0.3, 0.4) is 0 Å². The number of carbonyl (C=O) groups is 2. The number of aromatic nitrogens is 1. The standard InChI is InChI=1S/C16H22N2O3S/c1-3-13-17-11-5-4-6-12(14(11)22-13)18(2)15(19)9-7-8-10(9)16(20)21/h9-10,12H,3-8H2,1-2H3,(H,20,21). The lowest BCUT2D eigenvalue weighted by Crippen LogP contribution is -2.46. The Balaban J connectivity index is 1.78. The summed E-state index contributed by atoms with van der Waals surface area (Å²) in [6.07, 6.45) is 5.22. The molecule has 2 aliphatic carbocycles. The summed E-state index contributed by atoms with van der Waals surface area (Å²) < 4.78 is 0. The molecule has 2 aliphatic rings. The Labute approximate surface area is 134 Å². The Kier molecular flexibility index (Phi) is 4.21. The van der Waals surface area contributed by atoms with Crippen LogP contribution in [0.25, 0.3) is 0 Å². The molecule has 1 N–H and O–H groups in total. The first-order chi connectivity index (χ1) is 10.5. The minimum absolute atomic E-state index is 0.0112. The van der Waals surface area contributed by atoms with Crippen LogP contribution in [0.1, 0.15) is 54.2 Å². The average Bonchev–Trinajstić information content (AvgIpc) is 2.87. The minimum Gasteiger partial charge on any atom is -0.481 e. The van der Waals surface area contributed by atoms with Crippen LogP contribution in [0.5, 0.6) is 0 Å². The summed E-state index contributed by atoms with van der Waals surface area (Å²) in [5.41, 5.74) is 1.14. The second kappa shape index (κ2) is 5.99. The van der Waals surface area contributed by atoms with Crippen molar-refractivity contribution in [2.75, 3.05) is 7.05 Å². The number of aliphatic carboxylic acids is 1. The number of hydrogen-bond donors (Lipinski definition) is 1. The van der Waals surface area contributed by atoms with Gasteiger partial charge in [-0.1, -0.05) is 6.92 Å². The van der Waals surface area contributed by atoms with E-state index in [1.54, 1.807) is 16.2 Å². The second-order valence-electron chi connectivity index (χ2n) is 6.26. The summed E-state index contributed by atoms with van der Waals surface area (Å²) in [5.74, 6) is -1.69. The van der Waals surface area contributed by atoms with Gasteiger partial charge >= 0.3 is 5.97 Å². The van der Waals surface area contributed by atoms with Gasteiger partial charge in [0.25, 0.3) is 0 Å². The summed E-state index contributed by atoms with van der Waals surface area (Å²) in [5, 5.41) is 10.3. The highest BCUT2D eigenvalue weighted by molar-refractivity contribution is 7.11. The molecule has 0 radical (unpaired) electrons. The highest BCUT2D eigenvalue weighted by Gasteiger charge is 2.44. The van der Waals surface area contributed by atoms with Crippen LogP contribution in [-0.2, 0) is 22.4 Å². The van der Waals surface area contributed by atoms with Gasteiger partial charge in [0.1, 0.15) is 0 Å². The monoisotopic (exact) mass is 322 g/mol. The van der Waals surface area contributed by atoms with Gasteiger partial charge in [-0.05, 0) is 38.5 Å². The molecule has 1 heterocycles. The number of carboxylic acid groups (broad SMARTS) is 1. The van der Waals surface area contributed by atoms with Crippen molar-refractivity contribution in [3.8, 4) is 0 Å². The van der Waals surface area contributed by atoms with E-state index < -0.39 is 11.9 Å². The molecule has 0 spiro atoms. The van der Waals surface area contributed by atoms with E-state index in [-0.39, 0.29) is 17.9 Å². The summed E-state index contributed by atoms with van der Waals surface area (Å²) in [6, 6.07) is 0.0732. The first-order valence-electron chi connectivity index (χ1n) is 8.00. The van der Waals surface area contributed by atoms with E-state index >= 15 is 0 Å². The average molecular weight is 322 g/mol. The zero-order valence-electron chi connectivity index (χ0n) is 13.0. The van der Waals surface area contributed by atoms with Crippen LogP contribution in [0.15, 0.2) is 0 Å². The fourth-order valence-electron chi connectivity index (χ4n) is 3.47. The molecule has 0 aliphatic heterocycles. The number of amides is 1. The number of nitrogens with zero attached hydrogens (tertiary/aromatic N) is 2. The van der Waals surface area contributed by atoms with E-state index in [4.69, 9.17) is 5.11 Å². The Morgan fingerprint density at radius 3 is 2.64 bits per heavy atom. The molecule has 3 atom stereocenters. The van der Waals surface area contributed by atoms with Gasteiger partial charge in [-0.2, -0.15) is 0 Å². The zero-order chi connectivity index (χ0) is 15.9. The van der Waals surface area contributed by atoms with E-state index in [0.29, 0.717) is 12.8 Å². The number of carbonyl (C=O) groups excluding carboxylic acids is 1. The summed E-state index contributed by atoms with van der Waals surface area (Å²) in [7, 11) is 1.82. The zero-order valence-corrected chi connectivity index (χ0v) is 13.9. The van der Waals surface area contributed by atoms with E-state index in [0.717, 1.165) is 36.4 Å². The van der Waals surface area contributed by atoms with Crippen molar-refractivity contribution in [2.45, 2.75) is 51.5 Å². The second-order valence-corrected chi connectivity index (χ2v) is 7.37. The van der Waals surface area contributed by atoms with Crippen LogP contribution in [0, 0.1) is 11.8 Å². The first kappa shape index (κ1) is 15.5. The molecule has 1 saturated carbocycles. The van der Waals surface area contributed by atoms with Gasteiger partial charge in [-0.25, -0.2) is 4.98 Å². The molecule has 120 valence electrons. The van der Waals surface area contributed by atoms with Gasteiger partial charge < -0.3 is 10.0 Å². The van der Waals surface area contributed by atoms with Crippen molar-refractivity contribution in [2.24, 2.45) is 11.8 Å². The van der Waals surface area contributed by atoms with Crippen molar-refractivity contribution >= 4 is 23.2 Å². The van der Waals surface area contributed by atoms with Crippen molar-refractivity contribution in [1.29, 1.82) is 0 Å². The normalized spacial score (nSPS) is 26.9. The lowest BCUT2D eigenvalue weighted by molar-refractivity contribution is -0.157. The maximum Gasteiger partial charge on any atom is 0.307 e. The number of fused-ring (bicyclic) bond motifs is 1. The maximum absolute atomic E-state index is 12.7. The van der Waals surface area contributed by atoms with E-state index in [1.807, 2.05) is 7.05 Å². The number of thiazole rings is 1. The quantitative estimate of drug-likeness (QED) is 0.925. The highest BCUT2D eigenvalue weighted by Crippen LogP contribution is 2.41.